The molecule has 0 aliphatic carbocycles. The lowest BCUT2D eigenvalue weighted by Gasteiger charge is -2.42. The summed E-state index contributed by atoms with van der Waals surface area (Å²) < 4.78 is 27.9. The molecule has 2 fully saturated rings. The number of carbonyl (C=O) groups excluding carboxylic acids is 3. The maximum Gasteiger partial charge on any atom is 0.305 e. The highest BCUT2D eigenvalue weighted by molar-refractivity contribution is 7.11. The third-order valence-corrected chi connectivity index (χ3v) is 10.4. The van der Waals surface area contributed by atoms with E-state index in [2.05, 4.69) is 15.2 Å². The number of nitrogens with zero attached hydrogens (tertiary/aromatic N) is 4. The van der Waals surface area contributed by atoms with Gasteiger partial charge in [0.15, 0.2) is 0 Å². The Morgan fingerprint density at radius 3 is 2.72 bits per heavy atom. The van der Waals surface area contributed by atoms with E-state index < -0.39 is 11.7 Å². The lowest BCUT2D eigenvalue weighted by atomic mass is 10.1. The molecule has 0 spiro atoms. The summed E-state index contributed by atoms with van der Waals surface area (Å²) in [5, 5.41) is 4.42. The first kappa shape index (κ1) is 33.1. The third-order valence-electron chi connectivity index (χ3n) is 8.92. The molecule has 2 saturated heterocycles. The van der Waals surface area contributed by atoms with E-state index in [0.717, 1.165) is 33.9 Å². The molecule has 1 N–H and O–H groups in total. The number of esters is 1. The Labute approximate surface area is 281 Å². The second-order valence-corrected chi connectivity index (χ2v) is 13.5. The summed E-state index contributed by atoms with van der Waals surface area (Å²) >= 11 is 8.03. The van der Waals surface area contributed by atoms with Crippen molar-refractivity contribution in [1.82, 2.24) is 19.4 Å². The minimum atomic E-state index is -0.634. The number of fused-ring (bicyclic) bond motifs is 1. The molecular weight excluding hydrogens is 645 g/mol. The molecule has 0 radical (unpaired) electrons. The van der Waals surface area contributed by atoms with E-state index in [1.54, 1.807) is 17.3 Å². The van der Waals surface area contributed by atoms with Crippen LogP contribution in [-0.2, 0) is 39.0 Å². The topological polar surface area (TPSA) is 106 Å². The molecule has 2 amide bonds. The van der Waals surface area contributed by atoms with Crippen molar-refractivity contribution in [2.24, 2.45) is 7.05 Å². The molecule has 2 aromatic carbocycles. The van der Waals surface area contributed by atoms with Crippen molar-refractivity contribution in [3.8, 4) is 0 Å². The van der Waals surface area contributed by atoms with Gasteiger partial charge in [-0.2, -0.15) is 0 Å². The van der Waals surface area contributed by atoms with E-state index in [9.17, 15) is 14.4 Å². The standard InChI is InChI=1S/C34H37ClFN5O5S/c1-4-46-22-17-40(18-22)21-13-30(34-37-15-23(47-34)9-10-32(43)45-3)41(16-21)31(42)12-20-11-26(35)28(14-27(20)36)38-33(44)25-19-39(2)29-8-6-5-7-24(25)29/h5-8,11,14-15,19,21-22,30H,4,9-10,12-13,16-18H2,1-3H3,(H,38,44)/t21-,30-/m0/s1. The largest absolute Gasteiger partial charge is 0.469 e. The average Bonchev–Trinajstić information content (AvgIpc) is 3.77. The summed E-state index contributed by atoms with van der Waals surface area (Å²) in [5.41, 5.74) is 1.61. The van der Waals surface area contributed by atoms with E-state index in [0.29, 0.717) is 31.6 Å². The lowest BCUT2D eigenvalue weighted by molar-refractivity contribution is -0.140. The van der Waals surface area contributed by atoms with Gasteiger partial charge in [-0.25, -0.2) is 9.37 Å². The van der Waals surface area contributed by atoms with Crippen LogP contribution in [0.25, 0.3) is 10.9 Å². The predicted molar refractivity (Wildman–Crippen MR) is 178 cm³/mol. The van der Waals surface area contributed by atoms with E-state index in [1.807, 2.05) is 42.8 Å². The minimum Gasteiger partial charge on any atom is -0.469 e. The fourth-order valence-electron chi connectivity index (χ4n) is 6.41. The number of hydrogen-bond acceptors (Lipinski definition) is 8. The van der Waals surface area contributed by atoms with Gasteiger partial charge in [-0.05, 0) is 43.5 Å². The molecule has 248 valence electrons. The molecule has 13 heteroatoms. The van der Waals surface area contributed by atoms with Gasteiger partial charge >= 0.3 is 5.97 Å². The van der Waals surface area contributed by atoms with Gasteiger partial charge in [-0.15, -0.1) is 11.3 Å². The molecule has 10 nitrogen and oxygen atoms in total. The summed E-state index contributed by atoms with van der Waals surface area (Å²) in [7, 11) is 3.21. The lowest BCUT2D eigenvalue weighted by Crippen LogP contribution is -2.57. The molecule has 0 unspecified atom stereocenters. The fourth-order valence-corrected chi connectivity index (χ4v) is 7.69. The summed E-state index contributed by atoms with van der Waals surface area (Å²) in [6.07, 6.45) is 4.90. The van der Waals surface area contributed by atoms with Gasteiger partial charge in [0.1, 0.15) is 10.8 Å². The summed E-state index contributed by atoms with van der Waals surface area (Å²) in [5.74, 6) is -1.58. The van der Waals surface area contributed by atoms with Crippen molar-refractivity contribution in [1.29, 1.82) is 0 Å². The predicted octanol–water partition coefficient (Wildman–Crippen LogP) is 5.39. The average molecular weight is 682 g/mol. The molecule has 2 aliphatic heterocycles. The zero-order valence-electron chi connectivity index (χ0n) is 26.5. The molecule has 2 aromatic heterocycles. The fraction of sp³-hybridized carbons (Fsp3) is 0.412. The molecular formula is C34H37ClFN5O5S. The van der Waals surface area contributed by atoms with Crippen LogP contribution in [0.3, 0.4) is 0 Å². The summed E-state index contributed by atoms with van der Waals surface area (Å²) in [4.78, 5) is 48.4. The van der Waals surface area contributed by atoms with Crippen molar-refractivity contribution in [3.05, 3.63) is 80.6 Å². The van der Waals surface area contributed by atoms with Crippen LogP contribution in [0.2, 0.25) is 5.02 Å². The highest BCUT2D eigenvalue weighted by atomic mass is 35.5. The number of hydrogen-bond donors (Lipinski definition) is 1. The Hall–Kier alpha value is -3.84. The smallest absolute Gasteiger partial charge is 0.305 e. The Balaban J connectivity index is 1.17. The maximum absolute atomic E-state index is 15.5. The van der Waals surface area contributed by atoms with Crippen molar-refractivity contribution >= 4 is 57.3 Å². The molecule has 0 bridgehead atoms. The first-order valence-corrected chi connectivity index (χ1v) is 16.8. The van der Waals surface area contributed by atoms with Crippen LogP contribution in [0.1, 0.15) is 51.6 Å². The van der Waals surface area contributed by atoms with E-state index in [-0.39, 0.29) is 59.2 Å². The van der Waals surface area contributed by atoms with Crippen LogP contribution in [-0.4, -0.2) is 82.6 Å². The Morgan fingerprint density at radius 2 is 1.96 bits per heavy atom. The second-order valence-electron chi connectivity index (χ2n) is 11.9. The number of likely N-dealkylation sites (tertiary alicyclic amines) is 2. The van der Waals surface area contributed by atoms with Crippen molar-refractivity contribution in [2.75, 3.05) is 38.7 Å². The first-order valence-electron chi connectivity index (χ1n) is 15.6. The van der Waals surface area contributed by atoms with Gasteiger partial charge in [0.25, 0.3) is 5.91 Å². The number of nitrogens with one attached hydrogen (secondary N) is 1. The Bertz CT molecular complexity index is 1800. The van der Waals surface area contributed by atoms with Crippen LogP contribution < -0.4 is 5.32 Å². The minimum absolute atomic E-state index is 0.114. The number of amides is 2. The summed E-state index contributed by atoms with van der Waals surface area (Å²) in [6, 6.07) is 9.92. The van der Waals surface area contributed by atoms with E-state index >= 15 is 4.39 Å². The van der Waals surface area contributed by atoms with Crippen LogP contribution in [0, 0.1) is 5.82 Å². The number of aryl methyl sites for hydroxylation is 2. The van der Waals surface area contributed by atoms with Gasteiger partial charge in [0.05, 0.1) is 48.4 Å². The van der Waals surface area contributed by atoms with Crippen LogP contribution >= 0.6 is 22.9 Å². The monoisotopic (exact) mass is 681 g/mol. The van der Waals surface area contributed by atoms with Crippen LogP contribution in [0.15, 0.2) is 48.8 Å². The Kier molecular flexibility index (Phi) is 9.93. The normalized spacial score (nSPS) is 18.4. The molecule has 0 saturated carbocycles. The third kappa shape index (κ3) is 7.06. The number of ether oxygens (including phenoxy) is 2. The van der Waals surface area contributed by atoms with E-state index in [4.69, 9.17) is 21.1 Å². The van der Waals surface area contributed by atoms with Gasteiger partial charge < -0.3 is 24.3 Å². The number of anilines is 1. The van der Waals surface area contributed by atoms with Gasteiger partial charge in [-0.3, -0.25) is 19.3 Å². The highest BCUT2D eigenvalue weighted by Crippen LogP contribution is 2.39. The number of methoxy groups -OCH3 is 1. The number of aromatic nitrogens is 2. The van der Waals surface area contributed by atoms with Crippen molar-refractivity contribution < 1.29 is 28.2 Å². The van der Waals surface area contributed by atoms with E-state index in [1.165, 1.54) is 30.6 Å². The van der Waals surface area contributed by atoms with Gasteiger partial charge in [-0.1, -0.05) is 29.8 Å². The SMILES string of the molecule is CCOC1CN([C@H]2C[C@@H](c3ncc(CCC(=O)OC)s3)N(C(=O)Cc3cc(Cl)c(NC(=O)c4cn(C)c5ccccc45)cc3F)C2)C1. The van der Waals surface area contributed by atoms with Crippen molar-refractivity contribution in [3.63, 3.8) is 0 Å². The first-order chi connectivity index (χ1) is 22.6. The zero-order chi connectivity index (χ0) is 33.2. The number of benzene rings is 2. The molecule has 47 heavy (non-hydrogen) atoms. The number of para-hydroxylation sites is 1. The quantitative estimate of drug-likeness (QED) is 0.212. The maximum atomic E-state index is 15.5. The molecule has 4 aromatic rings. The number of carbonyl (C=O) groups is 3. The highest BCUT2D eigenvalue weighted by Gasteiger charge is 2.43. The van der Waals surface area contributed by atoms with Gasteiger partial charge in [0, 0.05) is 67.5 Å². The molecule has 4 heterocycles. The van der Waals surface area contributed by atoms with Crippen molar-refractivity contribution in [2.45, 2.75) is 50.8 Å². The molecule has 2 aliphatic rings. The molecule has 2 atom stereocenters. The zero-order valence-corrected chi connectivity index (χ0v) is 28.1. The number of halogens is 2. The second kappa shape index (κ2) is 14.1. The summed E-state index contributed by atoms with van der Waals surface area (Å²) in [6.45, 7) is 4.71. The Morgan fingerprint density at radius 1 is 1.17 bits per heavy atom. The molecule has 6 rings (SSSR count). The van der Waals surface area contributed by atoms with Crippen LogP contribution in [0.5, 0.6) is 0 Å². The van der Waals surface area contributed by atoms with Gasteiger partial charge in [0.2, 0.25) is 5.91 Å². The number of thiazole rings is 1. The number of rotatable bonds is 11. The van der Waals surface area contributed by atoms with Crippen LogP contribution in [0.4, 0.5) is 10.1 Å².